The van der Waals surface area contributed by atoms with E-state index in [0.29, 0.717) is 13.2 Å². The first-order valence-corrected chi connectivity index (χ1v) is 9.10. The average Bonchev–Trinajstić information content (AvgIpc) is 2.61. The minimum Gasteiger partial charge on any atom is -0.489 e. The maximum Gasteiger partial charge on any atom is 0.309 e. The van der Waals surface area contributed by atoms with Crippen LogP contribution in [0.3, 0.4) is 0 Å². The van der Waals surface area contributed by atoms with Crippen LogP contribution in [0.25, 0.3) is 0 Å². The predicted molar refractivity (Wildman–Crippen MR) is 97.1 cm³/mol. The van der Waals surface area contributed by atoms with E-state index in [4.69, 9.17) is 9.47 Å². The topological polar surface area (TPSA) is 35.5 Å². The zero-order valence-corrected chi connectivity index (χ0v) is 15.3. The lowest BCUT2D eigenvalue weighted by molar-refractivity contribution is -0.148. The zero-order valence-electron chi connectivity index (χ0n) is 13.8. The van der Waals surface area contributed by atoms with Gasteiger partial charge in [0.15, 0.2) is 0 Å². The zero-order chi connectivity index (χ0) is 16.9. The van der Waals surface area contributed by atoms with E-state index in [2.05, 4.69) is 28.1 Å². The van der Waals surface area contributed by atoms with E-state index in [-0.39, 0.29) is 11.9 Å². The summed E-state index contributed by atoms with van der Waals surface area (Å²) in [6, 6.07) is 14.3. The van der Waals surface area contributed by atoms with Crippen molar-refractivity contribution in [2.75, 3.05) is 6.61 Å². The summed E-state index contributed by atoms with van der Waals surface area (Å²) in [6.07, 6.45) is 2.51. The number of carbonyl (C=O) groups excluding carboxylic acids is 1. The number of carbonyl (C=O) groups is 1. The van der Waals surface area contributed by atoms with Gasteiger partial charge in [-0.2, -0.15) is 0 Å². The molecule has 3 nitrogen and oxygen atoms in total. The Balaban J connectivity index is 1.62. The molecule has 3 rings (SSSR count). The van der Waals surface area contributed by atoms with Gasteiger partial charge < -0.3 is 9.47 Å². The van der Waals surface area contributed by atoms with Crippen molar-refractivity contribution in [2.24, 2.45) is 5.92 Å². The molecule has 2 aromatic rings. The monoisotopic (exact) mass is 388 g/mol. The van der Waals surface area contributed by atoms with Crippen LogP contribution >= 0.6 is 15.9 Å². The van der Waals surface area contributed by atoms with E-state index in [1.165, 1.54) is 11.1 Å². The lowest BCUT2D eigenvalue weighted by Gasteiger charge is -2.23. The maximum atomic E-state index is 11.9. The summed E-state index contributed by atoms with van der Waals surface area (Å²) < 4.78 is 12.1. The van der Waals surface area contributed by atoms with Gasteiger partial charge in [-0.05, 0) is 67.1 Å². The fraction of sp³-hybridized carbons (Fsp3) is 0.350. The second-order valence-electron chi connectivity index (χ2n) is 6.04. The summed E-state index contributed by atoms with van der Waals surface area (Å²) in [7, 11) is 0. The highest BCUT2D eigenvalue weighted by molar-refractivity contribution is 9.10. The van der Waals surface area contributed by atoms with Gasteiger partial charge in [0.05, 0.1) is 12.5 Å². The van der Waals surface area contributed by atoms with E-state index in [9.17, 15) is 4.79 Å². The predicted octanol–water partition coefficient (Wildman–Crippen LogP) is 4.70. The molecule has 0 spiro atoms. The number of aryl methyl sites for hydroxylation is 1. The number of hydrogen-bond acceptors (Lipinski definition) is 3. The molecule has 0 radical (unpaired) electrons. The number of hydrogen-bond donors (Lipinski definition) is 0. The minimum atomic E-state index is -0.0706. The Kier molecular flexibility index (Phi) is 5.56. The standard InChI is InChI=1S/C20H21BrO3/c1-2-23-20(22)17-6-5-16-12-19(10-7-15(16)11-17)24-13-14-3-8-18(21)9-4-14/h3-4,7-10,12,17H,2,5-6,11,13H2,1H3. The first-order chi connectivity index (χ1) is 11.7. The first kappa shape index (κ1) is 17.0. The largest absolute Gasteiger partial charge is 0.489 e. The smallest absolute Gasteiger partial charge is 0.309 e. The van der Waals surface area contributed by atoms with Crippen LogP contribution in [0.15, 0.2) is 46.9 Å². The van der Waals surface area contributed by atoms with Crippen LogP contribution in [0.1, 0.15) is 30.0 Å². The Morgan fingerprint density at radius 1 is 1.17 bits per heavy atom. The van der Waals surface area contributed by atoms with Crippen molar-refractivity contribution in [1.29, 1.82) is 0 Å². The summed E-state index contributed by atoms with van der Waals surface area (Å²) in [6.45, 7) is 2.85. The maximum absolute atomic E-state index is 11.9. The van der Waals surface area contributed by atoms with Gasteiger partial charge in [0.2, 0.25) is 0 Å². The van der Waals surface area contributed by atoms with Gasteiger partial charge in [-0.25, -0.2) is 0 Å². The van der Waals surface area contributed by atoms with Crippen molar-refractivity contribution in [3.8, 4) is 5.75 Å². The highest BCUT2D eigenvalue weighted by Crippen LogP contribution is 2.29. The molecule has 0 N–H and O–H groups in total. The molecule has 2 aromatic carbocycles. The first-order valence-electron chi connectivity index (χ1n) is 8.31. The van der Waals surface area contributed by atoms with Crippen molar-refractivity contribution in [3.63, 3.8) is 0 Å². The van der Waals surface area contributed by atoms with E-state index < -0.39 is 0 Å². The molecular weight excluding hydrogens is 368 g/mol. The van der Waals surface area contributed by atoms with Crippen molar-refractivity contribution in [3.05, 3.63) is 63.6 Å². The molecule has 0 aromatic heterocycles. The van der Waals surface area contributed by atoms with Gasteiger partial charge in [-0.1, -0.05) is 34.1 Å². The normalized spacial score (nSPS) is 16.3. The van der Waals surface area contributed by atoms with Gasteiger partial charge in [0.1, 0.15) is 12.4 Å². The fourth-order valence-electron chi connectivity index (χ4n) is 3.03. The fourth-order valence-corrected chi connectivity index (χ4v) is 3.29. The average molecular weight is 389 g/mol. The van der Waals surface area contributed by atoms with Crippen molar-refractivity contribution in [1.82, 2.24) is 0 Å². The molecule has 0 saturated heterocycles. The molecule has 1 unspecified atom stereocenters. The van der Waals surface area contributed by atoms with Crippen LogP contribution in [0.5, 0.6) is 5.75 Å². The molecule has 4 heteroatoms. The van der Waals surface area contributed by atoms with E-state index in [1.807, 2.05) is 37.3 Å². The van der Waals surface area contributed by atoms with Gasteiger partial charge in [0, 0.05) is 4.47 Å². The molecule has 1 aliphatic carbocycles. The van der Waals surface area contributed by atoms with Crippen LogP contribution in [-0.2, 0) is 29.0 Å². The van der Waals surface area contributed by atoms with Gasteiger partial charge in [0.25, 0.3) is 0 Å². The molecule has 0 saturated carbocycles. The van der Waals surface area contributed by atoms with Crippen LogP contribution in [-0.4, -0.2) is 12.6 Å². The van der Waals surface area contributed by atoms with Crippen molar-refractivity contribution >= 4 is 21.9 Å². The van der Waals surface area contributed by atoms with Crippen LogP contribution in [0.4, 0.5) is 0 Å². The van der Waals surface area contributed by atoms with Gasteiger partial charge in [-0.15, -0.1) is 0 Å². The van der Waals surface area contributed by atoms with E-state index in [1.54, 1.807) is 0 Å². The number of fused-ring (bicyclic) bond motifs is 1. The van der Waals surface area contributed by atoms with Crippen LogP contribution in [0, 0.1) is 5.92 Å². The summed E-state index contributed by atoms with van der Waals surface area (Å²) in [5.74, 6) is 0.803. The molecule has 24 heavy (non-hydrogen) atoms. The van der Waals surface area contributed by atoms with E-state index in [0.717, 1.165) is 35.0 Å². The molecule has 1 aliphatic rings. The lowest BCUT2D eigenvalue weighted by Crippen LogP contribution is -2.24. The highest BCUT2D eigenvalue weighted by atomic mass is 79.9. The molecule has 0 heterocycles. The molecule has 1 atom stereocenters. The molecule has 0 bridgehead atoms. The third kappa shape index (κ3) is 4.18. The van der Waals surface area contributed by atoms with Crippen LogP contribution < -0.4 is 4.74 Å². The van der Waals surface area contributed by atoms with Gasteiger partial charge in [-0.3, -0.25) is 4.79 Å². The number of rotatable bonds is 5. The third-order valence-corrected chi connectivity index (χ3v) is 4.87. The number of esters is 1. The number of ether oxygens (including phenoxy) is 2. The quantitative estimate of drug-likeness (QED) is 0.696. The molecule has 0 amide bonds. The second kappa shape index (κ2) is 7.84. The Bertz CT molecular complexity index is 709. The summed E-state index contributed by atoms with van der Waals surface area (Å²) in [5, 5.41) is 0. The molecule has 0 fully saturated rings. The van der Waals surface area contributed by atoms with E-state index >= 15 is 0 Å². The summed E-state index contributed by atoms with van der Waals surface area (Å²) in [5.41, 5.74) is 3.65. The molecule has 126 valence electrons. The second-order valence-corrected chi connectivity index (χ2v) is 6.95. The Morgan fingerprint density at radius 3 is 2.71 bits per heavy atom. The van der Waals surface area contributed by atoms with Gasteiger partial charge >= 0.3 is 5.97 Å². The van der Waals surface area contributed by atoms with Crippen LogP contribution in [0.2, 0.25) is 0 Å². The summed E-state index contributed by atoms with van der Waals surface area (Å²) in [4.78, 5) is 11.9. The minimum absolute atomic E-state index is 0.00742. The Hall–Kier alpha value is -1.81. The van der Waals surface area contributed by atoms with Crippen molar-refractivity contribution < 1.29 is 14.3 Å². The summed E-state index contributed by atoms with van der Waals surface area (Å²) >= 11 is 3.43. The number of halogens is 1. The highest BCUT2D eigenvalue weighted by Gasteiger charge is 2.25. The number of benzene rings is 2. The molecular formula is C20H21BrO3. The molecule has 0 aliphatic heterocycles. The lowest BCUT2D eigenvalue weighted by atomic mass is 9.84. The Labute approximate surface area is 151 Å². The SMILES string of the molecule is CCOC(=O)C1CCc2cc(OCc3ccc(Br)cc3)ccc2C1. The Morgan fingerprint density at radius 2 is 1.96 bits per heavy atom. The van der Waals surface area contributed by atoms with Crippen molar-refractivity contribution in [2.45, 2.75) is 32.8 Å². The third-order valence-electron chi connectivity index (χ3n) is 4.34.